The molecule has 0 spiro atoms. The number of nitrogens with two attached hydrogens (primary N) is 1. The van der Waals surface area contributed by atoms with Crippen LogP contribution in [0, 0.1) is 12.3 Å². The molecule has 1 saturated carbocycles. The van der Waals surface area contributed by atoms with Crippen LogP contribution in [0.1, 0.15) is 38.7 Å². The molecule has 1 unspecified atom stereocenters. The molecule has 3 N–H and O–H groups in total. The van der Waals surface area contributed by atoms with Gasteiger partial charge in [0, 0.05) is 17.4 Å². The monoisotopic (exact) mass is 218 g/mol. The summed E-state index contributed by atoms with van der Waals surface area (Å²) in [7, 11) is 0. The second-order valence-corrected chi connectivity index (χ2v) is 5.77. The first kappa shape index (κ1) is 11.3. The van der Waals surface area contributed by atoms with Gasteiger partial charge in [-0.05, 0) is 49.3 Å². The maximum Gasteiger partial charge on any atom is 0.0392 e. The summed E-state index contributed by atoms with van der Waals surface area (Å²) in [6, 6.07) is 6.71. The summed E-state index contributed by atoms with van der Waals surface area (Å²) in [4.78, 5) is 0. The summed E-state index contributed by atoms with van der Waals surface area (Å²) in [5.74, 6) is 0. The van der Waals surface area contributed by atoms with E-state index in [-0.39, 0.29) is 0 Å². The second-order valence-electron chi connectivity index (χ2n) is 5.77. The summed E-state index contributed by atoms with van der Waals surface area (Å²) in [5, 5.41) is 3.63. The van der Waals surface area contributed by atoms with Gasteiger partial charge in [0.1, 0.15) is 0 Å². The lowest BCUT2D eigenvalue weighted by atomic mass is 9.92. The number of anilines is 2. The van der Waals surface area contributed by atoms with E-state index in [0.29, 0.717) is 11.5 Å². The van der Waals surface area contributed by atoms with Crippen LogP contribution in [0.4, 0.5) is 11.4 Å². The number of hydrogen-bond donors (Lipinski definition) is 2. The molecule has 1 aromatic rings. The van der Waals surface area contributed by atoms with Gasteiger partial charge in [0.05, 0.1) is 0 Å². The Morgan fingerprint density at radius 2 is 2.12 bits per heavy atom. The summed E-state index contributed by atoms with van der Waals surface area (Å²) in [6.07, 6.45) is 3.83. The molecule has 0 saturated heterocycles. The van der Waals surface area contributed by atoms with Crippen LogP contribution in [0.2, 0.25) is 0 Å². The highest BCUT2D eigenvalue weighted by molar-refractivity contribution is 5.63. The van der Waals surface area contributed by atoms with Crippen LogP contribution in [0.5, 0.6) is 0 Å². The summed E-state index contributed by atoms with van der Waals surface area (Å²) < 4.78 is 0. The maximum atomic E-state index is 5.91. The highest BCUT2D eigenvalue weighted by Gasteiger charge is 2.30. The van der Waals surface area contributed by atoms with Crippen LogP contribution in [0.25, 0.3) is 0 Å². The first-order chi connectivity index (χ1) is 7.48. The Morgan fingerprint density at radius 3 is 2.75 bits per heavy atom. The van der Waals surface area contributed by atoms with Crippen molar-refractivity contribution in [1.82, 2.24) is 0 Å². The van der Waals surface area contributed by atoms with Crippen molar-refractivity contribution in [2.75, 3.05) is 11.1 Å². The third kappa shape index (κ3) is 2.31. The number of benzene rings is 1. The molecule has 0 heterocycles. The summed E-state index contributed by atoms with van der Waals surface area (Å²) >= 11 is 0. The molecule has 1 fully saturated rings. The quantitative estimate of drug-likeness (QED) is 0.745. The van der Waals surface area contributed by atoms with Gasteiger partial charge < -0.3 is 11.1 Å². The van der Waals surface area contributed by atoms with Crippen LogP contribution in [-0.4, -0.2) is 6.04 Å². The Bertz CT molecular complexity index is 382. The molecule has 0 aromatic heterocycles. The largest absolute Gasteiger partial charge is 0.398 e. The zero-order chi connectivity index (χ0) is 11.8. The number of hydrogen-bond acceptors (Lipinski definition) is 2. The van der Waals surface area contributed by atoms with Crippen molar-refractivity contribution in [1.29, 1.82) is 0 Å². The maximum absolute atomic E-state index is 5.91. The Morgan fingerprint density at radius 1 is 1.38 bits per heavy atom. The average molecular weight is 218 g/mol. The number of nitrogen functional groups attached to an aromatic ring is 1. The topological polar surface area (TPSA) is 38.0 Å². The van der Waals surface area contributed by atoms with Crippen molar-refractivity contribution < 1.29 is 0 Å². The lowest BCUT2D eigenvalue weighted by Gasteiger charge is -2.20. The van der Waals surface area contributed by atoms with E-state index in [1.807, 2.05) is 12.1 Å². The van der Waals surface area contributed by atoms with Gasteiger partial charge in [0.15, 0.2) is 0 Å². The average Bonchev–Trinajstić information content (AvgIpc) is 2.53. The molecule has 1 atom stereocenters. The van der Waals surface area contributed by atoms with Gasteiger partial charge in [-0.25, -0.2) is 0 Å². The van der Waals surface area contributed by atoms with Gasteiger partial charge in [-0.1, -0.05) is 19.9 Å². The van der Waals surface area contributed by atoms with Gasteiger partial charge in [0.2, 0.25) is 0 Å². The molecule has 1 aliphatic carbocycles. The summed E-state index contributed by atoms with van der Waals surface area (Å²) in [5.41, 5.74) is 9.65. The zero-order valence-corrected chi connectivity index (χ0v) is 10.5. The Kier molecular flexibility index (Phi) is 2.83. The first-order valence-electron chi connectivity index (χ1n) is 6.09. The van der Waals surface area contributed by atoms with Crippen molar-refractivity contribution in [3.8, 4) is 0 Å². The van der Waals surface area contributed by atoms with Gasteiger partial charge in [0.25, 0.3) is 0 Å². The minimum absolute atomic E-state index is 0.492. The van der Waals surface area contributed by atoms with Crippen molar-refractivity contribution >= 4 is 11.4 Å². The number of nitrogens with one attached hydrogen (secondary N) is 1. The zero-order valence-electron chi connectivity index (χ0n) is 10.5. The van der Waals surface area contributed by atoms with E-state index in [4.69, 9.17) is 5.73 Å². The fourth-order valence-corrected chi connectivity index (χ4v) is 2.59. The second kappa shape index (κ2) is 4.00. The molecule has 1 aromatic carbocycles. The van der Waals surface area contributed by atoms with Crippen molar-refractivity contribution in [3.63, 3.8) is 0 Å². The molecule has 2 heteroatoms. The van der Waals surface area contributed by atoms with Crippen LogP contribution >= 0.6 is 0 Å². The van der Waals surface area contributed by atoms with E-state index in [1.165, 1.54) is 30.5 Å². The van der Waals surface area contributed by atoms with E-state index in [0.717, 1.165) is 5.69 Å². The van der Waals surface area contributed by atoms with Crippen LogP contribution in [0.15, 0.2) is 18.2 Å². The summed E-state index contributed by atoms with van der Waals surface area (Å²) in [6.45, 7) is 6.78. The lowest BCUT2D eigenvalue weighted by molar-refractivity contribution is 0.378. The fourth-order valence-electron chi connectivity index (χ4n) is 2.59. The lowest BCUT2D eigenvalue weighted by Crippen LogP contribution is -2.18. The van der Waals surface area contributed by atoms with Crippen molar-refractivity contribution in [2.45, 2.75) is 46.1 Å². The standard InChI is InChI=1S/C14H22N2/c1-10-12(15)5-4-6-13(10)16-11-7-8-14(2,3)9-11/h4-6,11,16H,7-9,15H2,1-3H3. The smallest absolute Gasteiger partial charge is 0.0392 e. The Labute approximate surface area is 98.2 Å². The highest BCUT2D eigenvalue weighted by Crippen LogP contribution is 2.38. The van der Waals surface area contributed by atoms with Crippen LogP contribution in [-0.2, 0) is 0 Å². The Hall–Kier alpha value is -1.18. The van der Waals surface area contributed by atoms with Gasteiger partial charge in [-0.3, -0.25) is 0 Å². The van der Waals surface area contributed by atoms with E-state index in [9.17, 15) is 0 Å². The predicted octanol–water partition coefficient (Wildman–Crippen LogP) is 3.57. The van der Waals surface area contributed by atoms with E-state index >= 15 is 0 Å². The normalized spacial score (nSPS) is 23.3. The fraction of sp³-hybridized carbons (Fsp3) is 0.571. The molecule has 0 radical (unpaired) electrons. The van der Waals surface area contributed by atoms with Crippen LogP contribution < -0.4 is 11.1 Å². The van der Waals surface area contributed by atoms with E-state index in [1.54, 1.807) is 0 Å². The molecule has 0 bridgehead atoms. The molecule has 2 rings (SSSR count). The molecule has 1 aliphatic rings. The van der Waals surface area contributed by atoms with Gasteiger partial charge >= 0.3 is 0 Å². The molecule has 2 nitrogen and oxygen atoms in total. The first-order valence-corrected chi connectivity index (χ1v) is 6.09. The predicted molar refractivity (Wildman–Crippen MR) is 70.6 cm³/mol. The third-order valence-electron chi connectivity index (χ3n) is 3.70. The Balaban J connectivity index is 2.08. The molecule has 16 heavy (non-hydrogen) atoms. The molecular weight excluding hydrogens is 196 g/mol. The SMILES string of the molecule is Cc1c(N)cccc1NC1CCC(C)(C)C1. The van der Waals surface area contributed by atoms with Crippen molar-refractivity contribution in [3.05, 3.63) is 23.8 Å². The molecule has 0 aliphatic heterocycles. The van der Waals surface area contributed by atoms with E-state index in [2.05, 4.69) is 32.2 Å². The van der Waals surface area contributed by atoms with Crippen molar-refractivity contribution in [2.24, 2.45) is 5.41 Å². The van der Waals surface area contributed by atoms with Gasteiger partial charge in [-0.15, -0.1) is 0 Å². The van der Waals surface area contributed by atoms with Crippen LogP contribution in [0.3, 0.4) is 0 Å². The third-order valence-corrected chi connectivity index (χ3v) is 3.70. The number of rotatable bonds is 2. The molecular formula is C14H22N2. The highest BCUT2D eigenvalue weighted by atomic mass is 14.9. The molecule has 0 amide bonds. The molecule has 88 valence electrons. The van der Waals surface area contributed by atoms with E-state index < -0.39 is 0 Å². The minimum Gasteiger partial charge on any atom is -0.398 e. The minimum atomic E-state index is 0.492. The van der Waals surface area contributed by atoms with Gasteiger partial charge in [-0.2, -0.15) is 0 Å².